The topological polar surface area (TPSA) is 17.1 Å². The molecule has 0 radical (unpaired) electrons. The number of rotatable bonds is 8. The molecule has 0 aliphatic heterocycles. The van der Waals surface area contributed by atoms with Crippen molar-refractivity contribution >= 4 is 5.78 Å². The molecule has 19 heavy (non-hydrogen) atoms. The zero-order valence-corrected chi connectivity index (χ0v) is 12.5. The number of carbonyl (C=O) groups is 1. The van der Waals surface area contributed by atoms with Crippen molar-refractivity contribution in [3.8, 4) is 0 Å². The van der Waals surface area contributed by atoms with Crippen LogP contribution in [-0.4, -0.2) is 5.78 Å². The second-order valence-corrected chi connectivity index (χ2v) is 5.05. The lowest BCUT2D eigenvalue weighted by Gasteiger charge is -2.10. The summed E-state index contributed by atoms with van der Waals surface area (Å²) in [5, 5.41) is 0. The molecule has 0 aromatic heterocycles. The molecule has 1 aromatic carbocycles. The van der Waals surface area contributed by atoms with Crippen LogP contribution in [0.1, 0.15) is 67.9 Å². The summed E-state index contributed by atoms with van der Waals surface area (Å²) < 4.78 is 0. The van der Waals surface area contributed by atoms with Gasteiger partial charge in [0.1, 0.15) is 0 Å². The third kappa shape index (κ3) is 5.02. The van der Waals surface area contributed by atoms with Crippen LogP contribution in [-0.2, 0) is 12.8 Å². The highest BCUT2D eigenvalue weighted by Gasteiger charge is 2.07. The maximum absolute atomic E-state index is 11.9. The standard InChI is InChI=1S/C18H26O/c1-4-7-10-15-12-13-17(18(19)9-6-3)14-16(15)11-8-5-2/h6,9,12-14H,4-5,7-8,10-11H2,1-3H3/b9-6+. The van der Waals surface area contributed by atoms with E-state index in [0.29, 0.717) is 0 Å². The monoisotopic (exact) mass is 258 g/mol. The van der Waals surface area contributed by atoms with Crippen molar-refractivity contribution in [2.45, 2.75) is 59.3 Å². The van der Waals surface area contributed by atoms with Crippen molar-refractivity contribution < 1.29 is 4.79 Å². The second-order valence-electron chi connectivity index (χ2n) is 5.05. The fraction of sp³-hybridized carbons (Fsp3) is 0.500. The molecule has 0 spiro atoms. The molecule has 0 aliphatic carbocycles. The summed E-state index contributed by atoms with van der Waals surface area (Å²) in [6, 6.07) is 6.23. The summed E-state index contributed by atoms with van der Waals surface area (Å²) in [7, 11) is 0. The number of unbranched alkanes of at least 4 members (excludes halogenated alkanes) is 2. The third-order valence-electron chi connectivity index (χ3n) is 3.41. The van der Waals surface area contributed by atoms with E-state index in [0.717, 1.165) is 18.4 Å². The average Bonchev–Trinajstić information content (AvgIpc) is 2.43. The number of hydrogen-bond donors (Lipinski definition) is 0. The summed E-state index contributed by atoms with van der Waals surface area (Å²) >= 11 is 0. The Bertz CT molecular complexity index is 429. The van der Waals surface area contributed by atoms with Crippen LogP contribution in [0.25, 0.3) is 0 Å². The van der Waals surface area contributed by atoms with Crippen LogP contribution in [0.4, 0.5) is 0 Å². The highest BCUT2D eigenvalue weighted by molar-refractivity contribution is 6.04. The Kier molecular flexibility index (Phi) is 7.17. The van der Waals surface area contributed by atoms with E-state index in [4.69, 9.17) is 0 Å². The van der Waals surface area contributed by atoms with Gasteiger partial charge < -0.3 is 0 Å². The van der Waals surface area contributed by atoms with Gasteiger partial charge in [-0.1, -0.05) is 44.9 Å². The number of aryl methyl sites for hydroxylation is 2. The Labute approximate surface area is 117 Å². The smallest absolute Gasteiger partial charge is 0.185 e. The van der Waals surface area contributed by atoms with Gasteiger partial charge in [0.2, 0.25) is 0 Å². The van der Waals surface area contributed by atoms with Gasteiger partial charge in [0.15, 0.2) is 5.78 Å². The first-order valence-corrected chi connectivity index (χ1v) is 7.51. The van der Waals surface area contributed by atoms with Crippen LogP contribution in [0, 0.1) is 0 Å². The molecule has 0 unspecified atom stereocenters. The molecule has 0 fully saturated rings. The molecule has 1 aromatic rings. The van der Waals surface area contributed by atoms with E-state index in [-0.39, 0.29) is 5.78 Å². The zero-order valence-electron chi connectivity index (χ0n) is 12.5. The molecule has 1 rings (SSSR count). The van der Waals surface area contributed by atoms with Crippen molar-refractivity contribution in [2.75, 3.05) is 0 Å². The van der Waals surface area contributed by atoms with E-state index in [2.05, 4.69) is 26.0 Å². The van der Waals surface area contributed by atoms with Crippen LogP contribution >= 0.6 is 0 Å². The SMILES string of the molecule is C/C=C/C(=O)c1ccc(CCCC)c(CCCC)c1. The van der Waals surface area contributed by atoms with Gasteiger partial charge in [-0.3, -0.25) is 4.79 Å². The van der Waals surface area contributed by atoms with E-state index < -0.39 is 0 Å². The van der Waals surface area contributed by atoms with E-state index in [1.165, 1.54) is 36.8 Å². The van der Waals surface area contributed by atoms with Gasteiger partial charge in [-0.25, -0.2) is 0 Å². The summed E-state index contributed by atoms with van der Waals surface area (Å²) in [6.07, 6.45) is 10.5. The molecule has 0 saturated carbocycles. The van der Waals surface area contributed by atoms with Gasteiger partial charge >= 0.3 is 0 Å². The zero-order chi connectivity index (χ0) is 14.1. The van der Waals surface area contributed by atoms with Crippen molar-refractivity contribution in [1.29, 1.82) is 0 Å². The number of allylic oxidation sites excluding steroid dienone is 2. The van der Waals surface area contributed by atoms with E-state index >= 15 is 0 Å². The summed E-state index contributed by atoms with van der Waals surface area (Å²) in [4.78, 5) is 11.9. The molecule has 0 amide bonds. The second kappa shape index (κ2) is 8.68. The minimum Gasteiger partial charge on any atom is -0.289 e. The molecule has 0 aliphatic rings. The molecule has 1 heteroatoms. The van der Waals surface area contributed by atoms with Gasteiger partial charge in [0.25, 0.3) is 0 Å². The molecule has 0 saturated heterocycles. The summed E-state index contributed by atoms with van der Waals surface area (Å²) in [5.41, 5.74) is 3.61. The predicted molar refractivity (Wildman–Crippen MR) is 82.8 cm³/mol. The molecule has 0 N–H and O–H groups in total. The molecular weight excluding hydrogens is 232 g/mol. The predicted octanol–water partition coefficient (Wildman–Crippen LogP) is 5.13. The first-order chi connectivity index (χ1) is 9.22. The largest absolute Gasteiger partial charge is 0.289 e. The fourth-order valence-electron chi connectivity index (χ4n) is 2.24. The van der Waals surface area contributed by atoms with Crippen LogP contribution in [0.5, 0.6) is 0 Å². The molecule has 0 bridgehead atoms. The molecular formula is C18H26O. The number of hydrogen-bond acceptors (Lipinski definition) is 1. The van der Waals surface area contributed by atoms with E-state index in [9.17, 15) is 4.79 Å². The maximum Gasteiger partial charge on any atom is 0.185 e. The fourth-order valence-corrected chi connectivity index (χ4v) is 2.24. The lowest BCUT2D eigenvalue weighted by Crippen LogP contribution is -2.01. The molecule has 1 nitrogen and oxygen atoms in total. The molecule has 104 valence electrons. The van der Waals surface area contributed by atoms with Crippen LogP contribution in [0.3, 0.4) is 0 Å². The molecule has 0 heterocycles. The van der Waals surface area contributed by atoms with Gasteiger partial charge in [-0.2, -0.15) is 0 Å². The van der Waals surface area contributed by atoms with Crippen LogP contribution in [0.15, 0.2) is 30.4 Å². The number of benzene rings is 1. The Morgan fingerprint density at radius 1 is 1.05 bits per heavy atom. The van der Waals surface area contributed by atoms with Crippen LogP contribution in [0.2, 0.25) is 0 Å². The summed E-state index contributed by atoms with van der Waals surface area (Å²) in [5.74, 6) is 0.113. The Balaban J connectivity index is 2.96. The third-order valence-corrected chi connectivity index (χ3v) is 3.41. The van der Waals surface area contributed by atoms with Crippen molar-refractivity contribution in [2.24, 2.45) is 0 Å². The van der Waals surface area contributed by atoms with Gasteiger partial charge in [-0.05, 0) is 55.9 Å². The summed E-state index contributed by atoms with van der Waals surface area (Å²) in [6.45, 7) is 6.31. The molecule has 0 atom stereocenters. The van der Waals surface area contributed by atoms with E-state index in [1.807, 2.05) is 13.0 Å². The minimum absolute atomic E-state index is 0.113. The highest BCUT2D eigenvalue weighted by Crippen LogP contribution is 2.18. The Hall–Kier alpha value is -1.37. The van der Waals surface area contributed by atoms with Crippen molar-refractivity contribution in [3.05, 3.63) is 47.0 Å². The lowest BCUT2D eigenvalue weighted by molar-refractivity contribution is 0.104. The Morgan fingerprint density at radius 3 is 2.26 bits per heavy atom. The highest BCUT2D eigenvalue weighted by atomic mass is 16.1. The number of carbonyl (C=O) groups excluding carboxylic acids is 1. The van der Waals surface area contributed by atoms with Crippen molar-refractivity contribution in [3.63, 3.8) is 0 Å². The Morgan fingerprint density at radius 2 is 1.68 bits per heavy atom. The number of ketones is 1. The van der Waals surface area contributed by atoms with E-state index in [1.54, 1.807) is 12.2 Å². The lowest BCUT2D eigenvalue weighted by atomic mass is 9.94. The van der Waals surface area contributed by atoms with Crippen molar-refractivity contribution in [1.82, 2.24) is 0 Å². The van der Waals surface area contributed by atoms with Gasteiger partial charge in [0.05, 0.1) is 0 Å². The average molecular weight is 258 g/mol. The van der Waals surface area contributed by atoms with Crippen LogP contribution < -0.4 is 0 Å². The maximum atomic E-state index is 11.9. The first kappa shape index (κ1) is 15.7. The first-order valence-electron chi connectivity index (χ1n) is 7.51. The normalized spacial score (nSPS) is 11.1. The quantitative estimate of drug-likeness (QED) is 0.466. The minimum atomic E-state index is 0.113. The van der Waals surface area contributed by atoms with Gasteiger partial charge in [0, 0.05) is 5.56 Å². The van der Waals surface area contributed by atoms with Gasteiger partial charge in [-0.15, -0.1) is 0 Å².